The fourth-order valence-electron chi connectivity index (χ4n) is 2.43. The van der Waals surface area contributed by atoms with Gasteiger partial charge in [-0.3, -0.25) is 14.5 Å². The van der Waals surface area contributed by atoms with E-state index in [1.165, 1.54) is 0 Å². The minimum atomic E-state index is -0.495. The lowest BCUT2D eigenvalue weighted by Gasteiger charge is -2.51. The third-order valence-corrected chi connectivity index (χ3v) is 6.62. The average Bonchev–Trinajstić information content (AvgIpc) is 2.37. The maximum absolute atomic E-state index is 12.7. The highest BCUT2D eigenvalue weighted by Gasteiger charge is 2.55. The van der Waals surface area contributed by atoms with Crippen LogP contribution in [-0.4, -0.2) is 46.0 Å². The highest BCUT2D eigenvalue weighted by atomic mass is 32.2. The number of methoxy groups -OCH3 is 1. The molecule has 0 aromatic carbocycles. The Kier molecular flexibility index (Phi) is 4.29. The zero-order valence-electron chi connectivity index (χ0n) is 12.7. The fraction of sp³-hybridized carbons (Fsp3) is 0.714. The quantitative estimate of drug-likeness (QED) is 0.749. The summed E-state index contributed by atoms with van der Waals surface area (Å²) in [6, 6.07) is 0. The molecule has 0 aliphatic carbocycles. The molecule has 20 heavy (non-hydrogen) atoms. The Hall–Kier alpha value is -0.460. The molecule has 2 aliphatic rings. The van der Waals surface area contributed by atoms with Gasteiger partial charge in [0.05, 0.1) is 10.3 Å². The number of thioether (sulfide) groups is 2. The van der Waals surface area contributed by atoms with Gasteiger partial charge in [0.1, 0.15) is 5.37 Å². The van der Waals surface area contributed by atoms with Crippen LogP contribution < -0.4 is 0 Å². The lowest BCUT2D eigenvalue weighted by Crippen LogP contribution is -2.66. The first kappa shape index (κ1) is 15.9. The summed E-state index contributed by atoms with van der Waals surface area (Å²) in [5.74, 6) is -0.0706. The molecular weight excluding hydrogens is 294 g/mol. The van der Waals surface area contributed by atoms with Crippen LogP contribution in [0.4, 0.5) is 0 Å². The van der Waals surface area contributed by atoms with Crippen LogP contribution in [0.15, 0.2) is 11.3 Å². The standard InChI is InChI=1S/C14H21NO3S2/c1-7-8(10(16)14(2,3)4)15-11(17)9(18-5)12(15)20-13(7)19-6/h9,12-13H,1-6H3/t9-,12-,13?/m0/s1. The molecule has 0 spiro atoms. The van der Waals surface area contributed by atoms with Gasteiger partial charge in [0.2, 0.25) is 0 Å². The van der Waals surface area contributed by atoms with Crippen LogP contribution in [0.2, 0.25) is 0 Å². The second-order valence-electron chi connectivity index (χ2n) is 6.07. The molecule has 2 rings (SSSR count). The number of hydrogen-bond donors (Lipinski definition) is 0. The van der Waals surface area contributed by atoms with Crippen molar-refractivity contribution in [1.82, 2.24) is 4.90 Å². The summed E-state index contributed by atoms with van der Waals surface area (Å²) in [6.07, 6.45) is 1.60. The van der Waals surface area contributed by atoms with Crippen molar-refractivity contribution in [2.75, 3.05) is 13.4 Å². The minimum absolute atomic E-state index is 0.0299. The summed E-state index contributed by atoms with van der Waals surface area (Å²) in [5, 5.41) is -0.0741. The van der Waals surface area contributed by atoms with E-state index in [4.69, 9.17) is 4.74 Å². The number of allylic oxidation sites excluding steroid dienone is 1. The average molecular weight is 315 g/mol. The maximum atomic E-state index is 12.7. The molecule has 0 bridgehead atoms. The van der Waals surface area contributed by atoms with Crippen LogP contribution in [0.1, 0.15) is 27.7 Å². The van der Waals surface area contributed by atoms with Crippen LogP contribution in [0, 0.1) is 5.41 Å². The van der Waals surface area contributed by atoms with Gasteiger partial charge in [0, 0.05) is 12.5 Å². The Morgan fingerprint density at radius 2 is 2.00 bits per heavy atom. The van der Waals surface area contributed by atoms with Crippen molar-refractivity contribution in [1.29, 1.82) is 0 Å². The summed E-state index contributed by atoms with van der Waals surface area (Å²) < 4.78 is 5.45. The molecule has 1 unspecified atom stereocenters. The highest BCUT2D eigenvalue weighted by molar-refractivity contribution is 8.17. The summed E-state index contributed by atoms with van der Waals surface area (Å²) in [5.41, 5.74) is 1.07. The number of β-lactam (4-membered cyclic amide) rings is 1. The van der Waals surface area contributed by atoms with E-state index >= 15 is 0 Å². The summed E-state index contributed by atoms with van der Waals surface area (Å²) in [7, 11) is 1.55. The number of fused-ring (bicyclic) bond motifs is 1. The van der Waals surface area contributed by atoms with Gasteiger partial charge in [0.15, 0.2) is 11.9 Å². The van der Waals surface area contributed by atoms with Gasteiger partial charge in [-0.25, -0.2) is 0 Å². The third-order valence-electron chi connectivity index (χ3n) is 3.59. The van der Waals surface area contributed by atoms with E-state index in [0.29, 0.717) is 5.70 Å². The monoisotopic (exact) mass is 315 g/mol. The molecule has 3 atom stereocenters. The zero-order chi connectivity index (χ0) is 15.2. The SMILES string of the molecule is CO[C@H]1C(=O)N2C(C(=O)C(C)(C)C)=C(C)C(SC)S[C@@H]12. The van der Waals surface area contributed by atoms with E-state index in [2.05, 4.69) is 0 Å². The van der Waals surface area contributed by atoms with E-state index < -0.39 is 11.5 Å². The van der Waals surface area contributed by atoms with Crippen LogP contribution in [-0.2, 0) is 14.3 Å². The molecule has 1 saturated heterocycles. The second kappa shape index (κ2) is 5.39. The third kappa shape index (κ3) is 2.31. The van der Waals surface area contributed by atoms with E-state index in [-0.39, 0.29) is 21.6 Å². The molecule has 0 aromatic heterocycles. The number of nitrogens with zero attached hydrogens (tertiary/aromatic N) is 1. The molecule has 6 heteroatoms. The van der Waals surface area contributed by atoms with E-state index in [9.17, 15) is 9.59 Å². The van der Waals surface area contributed by atoms with Gasteiger partial charge in [0.25, 0.3) is 5.91 Å². The molecule has 1 fully saturated rings. The van der Waals surface area contributed by atoms with Crippen molar-refractivity contribution >= 4 is 35.2 Å². The van der Waals surface area contributed by atoms with Gasteiger partial charge in [-0.15, -0.1) is 23.5 Å². The van der Waals surface area contributed by atoms with Gasteiger partial charge >= 0.3 is 0 Å². The Morgan fingerprint density at radius 3 is 2.45 bits per heavy atom. The Balaban J connectivity index is 2.44. The van der Waals surface area contributed by atoms with Crippen molar-refractivity contribution in [2.24, 2.45) is 5.41 Å². The number of Topliss-reactive ketones (excluding diaryl/α,β-unsaturated/α-hetero) is 1. The second-order valence-corrected chi connectivity index (χ2v) is 8.54. The Bertz CT molecular complexity index is 481. The molecular formula is C14H21NO3S2. The van der Waals surface area contributed by atoms with Gasteiger partial charge in [-0.05, 0) is 18.8 Å². The predicted molar refractivity (Wildman–Crippen MR) is 83.5 cm³/mol. The predicted octanol–water partition coefficient (Wildman–Crippen LogP) is 2.49. The first-order valence-electron chi connectivity index (χ1n) is 6.53. The Morgan fingerprint density at radius 1 is 1.40 bits per heavy atom. The normalized spacial score (nSPS) is 30.2. The number of carbonyl (C=O) groups excluding carboxylic acids is 2. The first-order chi connectivity index (χ1) is 9.23. The van der Waals surface area contributed by atoms with Gasteiger partial charge in [-0.2, -0.15) is 0 Å². The summed E-state index contributed by atoms with van der Waals surface area (Å²) >= 11 is 3.39. The Labute approximate surface area is 128 Å². The van der Waals surface area contributed by atoms with Gasteiger partial charge < -0.3 is 4.74 Å². The van der Waals surface area contributed by atoms with E-state index in [1.54, 1.807) is 35.5 Å². The number of carbonyl (C=O) groups is 2. The number of hydrogen-bond acceptors (Lipinski definition) is 5. The minimum Gasteiger partial charge on any atom is -0.368 e. The fourth-order valence-corrected chi connectivity index (χ4v) is 4.95. The highest BCUT2D eigenvalue weighted by Crippen LogP contribution is 2.49. The first-order valence-corrected chi connectivity index (χ1v) is 8.76. The van der Waals surface area contributed by atoms with E-state index in [0.717, 1.165) is 5.57 Å². The van der Waals surface area contributed by atoms with Crippen molar-refractivity contribution < 1.29 is 14.3 Å². The number of rotatable bonds is 3. The summed E-state index contributed by atoms with van der Waals surface area (Å²) in [6.45, 7) is 7.62. The summed E-state index contributed by atoms with van der Waals surface area (Å²) in [4.78, 5) is 26.5. The molecule has 0 N–H and O–H groups in total. The van der Waals surface area contributed by atoms with Crippen LogP contribution in [0.25, 0.3) is 0 Å². The largest absolute Gasteiger partial charge is 0.368 e. The topological polar surface area (TPSA) is 46.6 Å². The molecule has 1 amide bonds. The van der Waals surface area contributed by atoms with Crippen LogP contribution in [0.3, 0.4) is 0 Å². The number of ketones is 1. The van der Waals surface area contributed by atoms with Crippen molar-refractivity contribution in [2.45, 2.75) is 43.8 Å². The molecule has 112 valence electrons. The number of ether oxygens (including phenoxy) is 1. The molecule has 0 aromatic rings. The smallest absolute Gasteiger partial charge is 0.260 e. The van der Waals surface area contributed by atoms with Crippen LogP contribution in [0.5, 0.6) is 0 Å². The molecule has 4 nitrogen and oxygen atoms in total. The molecule has 2 aliphatic heterocycles. The zero-order valence-corrected chi connectivity index (χ0v) is 14.4. The van der Waals surface area contributed by atoms with Crippen molar-refractivity contribution in [3.05, 3.63) is 11.3 Å². The molecule has 2 heterocycles. The lowest BCUT2D eigenvalue weighted by atomic mass is 9.86. The van der Waals surface area contributed by atoms with Gasteiger partial charge in [-0.1, -0.05) is 20.8 Å². The van der Waals surface area contributed by atoms with Crippen LogP contribution >= 0.6 is 23.5 Å². The van der Waals surface area contributed by atoms with Crippen molar-refractivity contribution in [3.63, 3.8) is 0 Å². The number of amides is 1. The van der Waals surface area contributed by atoms with Crippen molar-refractivity contribution in [3.8, 4) is 0 Å². The molecule has 0 radical (unpaired) electrons. The lowest BCUT2D eigenvalue weighted by molar-refractivity contribution is -0.160. The van der Waals surface area contributed by atoms with E-state index in [1.807, 2.05) is 34.0 Å². The molecule has 0 saturated carbocycles. The maximum Gasteiger partial charge on any atom is 0.260 e.